The van der Waals surface area contributed by atoms with E-state index in [4.69, 9.17) is 5.26 Å². The smallest absolute Gasteiger partial charge is 0.239 e. The van der Waals surface area contributed by atoms with Crippen molar-refractivity contribution in [3.63, 3.8) is 0 Å². The summed E-state index contributed by atoms with van der Waals surface area (Å²) < 4.78 is 0. The van der Waals surface area contributed by atoms with Gasteiger partial charge in [-0.05, 0) is 49.9 Å². The van der Waals surface area contributed by atoms with Crippen LogP contribution in [0.3, 0.4) is 0 Å². The van der Waals surface area contributed by atoms with Gasteiger partial charge in [-0.15, -0.1) is 0 Å². The highest BCUT2D eigenvalue weighted by molar-refractivity contribution is 5.81. The van der Waals surface area contributed by atoms with Crippen LogP contribution in [-0.4, -0.2) is 29.9 Å². The van der Waals surface area contributed by atoms with Crippen LogP contribution in [-0.2, 0) is 11.3 Å². The van der Waals surface area contributed by atoms with E-state index in [2.05, 4.69) is 11.4 Å². The molecule has 1 N–H and O–H groups in total. The van der Waals surface area contributed by atoms with Gasteiger partial charge in [-0.25, -0.2) is 0 Å². The molecule has 106 valence electrons. The van der Waals surface area contributed by atoms with E-state index in [0.29, 0.717) is 12.1 Å². The number of aryl methyl sites for hydroxylation is 1. The molecular formula is C16H21N3O. The summed E-state index contributed by atoms with van der Waals surface area (Å²) in [6.07, 6.45) is 2.24. The fourth-order valence-electron chi connectivity index (χ4n) is 2.53. The molecule has 1 unspecified atom stereocenters. The van der Waals surface area contributed by atoms with E-state index in [1.54, 1.807) is 0 Å². The van der Waals surface area contributed by atoms with E-state index in [-0.39, 0.29) is 11.9 Å². The lowest BCUT2D eigenvalue weighted by Gasteiger charge is -2.21. The van der Waals surface area contributed by atoms with Crippen LogP contribution < -0.4 is 5.32 Å². The molecule has 4 nitrogen and oxygen atoms in total. The van der Waals surface area contributed by atoms with Crippen molar-refractivity contribution in [3.05, 3.63) is 34.9 Å². The minimum Gasteiger partial charge on any atom is -0.341 e. The molecule has 0 aliphatic carbocycles. The molecule has 0 spiro atoms. The second-order valence-corrected chi connectivity index (χ2v) is 5.39. The fourth-order valence-corrected chi connectivity index (χ4v) is 2.53. The SMILES string of the molecule is Cc1cc(C#N)ccc1CNC(C)C(=O)N1CCCC1. The summed E-state index contributed by atoms with van der Waals surface area (Å²) in [5, 5.41) is 12.1. The summed E-state index contributed by atoms with van der Waals surface area (Å²) >= 11 is 0. The van der Waals surface area contributed by atoms with Crippen LogP contribution in [0.2, 0.25) is 0 Å². The van der Waals surface area contributed by atoms with Gasteiger partial charge in [0.25, 0.3) is 0 Å². The summed E-state index contributed by atoms with van der Waals surface area (Å²) in [5.41, 5.74) is 2.88. The molecule has 1 aromatic rings. The Bertz CT molecular complexity index is 527. The second-order valence-electron chi connectivity index (χ2n) is 5.39. The number of carbonyl (C=O) groups is 1. The van der Waals surface area contributed by atoms with Crippen LogP contribution in [0.4, 0.5) is 0 Å². The first kappa shape index (κ1) is 14.5. The zero-order chi connectivity index (χ0) is 14.5. The molecule has 2 rings (SSSR count). The number of hydrogen-bond donors (Lipinski definition) is 1. The molecule has 1 fully saturated rings. The Hall–Kier alpha value is -1.86. The zero-order valence-corrected chi connectivity index (χ0v) is 12.1. The third-order valence-electron chi connectivity index (χ3n) is 3.86. The number of benzene rings is 1. The maximum atomic E-state index is 12.2. The maximum absolute atomic E-state index is 12.2. The lowest BCUT2D eigenvalue weighted by atomic mass is 10.1. The molecule has 1 saturated heterocycles. The number of amides is 1. The van der Waals surface area contributed by atoms with Crippen LogP contribution in [0.25, 0.3) is 0 Å². The van der Waals surface area contributed by atoms with Gasteiger partial charge >= 0.3 is 0 Å². The maximum Gasteiger partial charge on any atom is 0.239 e. The lowest BCUT2D eigenvalue weighted by molar-refractivity contribution is -0.131. The van der Waals surface area contributed by atoms with Gasteiger partial charge in [0.15, 0.2) is 0 Å². The monoisotopic (exact) mass is 271 g/mol. The predicted octanol–water partition coefficient (Wildman–Crippen LogP) is 1.97. The Labute approximate surface area is 120 Å². The van der Waals surface area contributed by atoms with Gasteiger partial charge in [0.05, 0.1) is 17.7 Å². The van der Waals surface area contributed by atoms with Gasteiger partial charge in [-0.3, -0.25) is 4.79 Å². The van der Waals surface area contributed by atoms with Crippen molar-refractivity contribution in [3.8, 4) is 6.07 Å². The molecule has 4 heteroatoms. The predicted molar refractivity (Wildman–Crippen MR) is 78.0 cm³/mol. The number of nitriles is 1. The van der Waals surface area contributed by atoms with Gasteiger partial charge in [0, 0.05) is 19.6 Å². The molecular weight excluding hydrogens is 250 g/mol. The first-order chi connectivity index (χ1) is 9.61. The van der Waals surface area contributed by atoms with Gasteiger partial charge in [-0.2, -0.15) is 5.26 Å². The quantitative estimate of drug-likeness (QED) is 0.911. The van der Waals surface area contributed by atoms with E-state index >= 15 is 0 Å². The third kappa shape index (κ3) is 3.37. The van der Waals surface area contributed by atoms with Crippen molar-refractivity contribution in [2.45, 2.75) is 39.3 Å². The molecule has 0 radical (unpaired) electrons. The van der Waals surface area contributed by atoms with Crippen molar-refractivity contribution >= 4 is 5.91 Å². The van der Waals surface area contributed by atoms with E-state index in [1.165, 1.54) is 0 Å². The molecule has 1 aliphatic heterocycles. The molecule has 0 saturated carbocycles. The van der Waals surface area contributed by atoms with E-state index in [9.17, 15) is 4.79 Å². The summed E-state index contributed by atoms with van der Waals surface area (Å²) in [4.78, 5) is 14.1. The molecule has 1 heterocycles. The first-order valence-corrected chi connectivity index (χ1v) is 7.13. The van der Waals surface area contributed by atoms with Crippen LogP contribution in [0.5, 0.6) is 0 Å². The number of carbonyl (C=O) groups excluding carboxylic acids is 1. The van der Waals surface area contributed by atoms with Gasteiger partial charge in [0.2, 0.25) is 5.91 Å². The Morgan fingerprint density at radius 2 is 2.15 bits per heavy atom. The fraction of sp³-hybridized carbons (Fsp3) is 0.500. The Morgan fingerprint density at radius 1 is 1.45 bits per heavy atom. The first-order valence-electron chi connectivity index (χ1n) is 7.13. The Kier molecular flexibility index (Phi) is 4.75. The minimum absolute atomic E-state index is 0.164. The third-order valence-corrected chi connectivity index (χ3v) is 3.86. The molecule has 0 bridgehead atoms. The Balaban J connectivity index is 1.91. The Morgan fingerprint density at radius 3 is 2.75 bits per heavy atom. The highest BCUT2D eigenvalue weighted by Gasteiger charge is 2.22. The van der Waals surface area contributed by atoms with Crippen molar-refractivity contribution in [1.82, 2.24) is 10.2 Å². The summed E-state index contributed by atoms with van der Waals surface area (Å²) in [6.45, 7) is 6.34. The second kappa shape index (κ2) is 6.53. The normalized spacial score (nSPS) is 15.9. The van der Waals surface area contributed by atoms with Gasteiger partial charge in [0.1, 0.15) is 0 Å². The number of nitrogens with zero attached hydrogens (tertiary/aromatic N) is 2. The van der Waals surface area contributed by atoms with Crippen LogP contribution >= 0.6 is 0 Å². The topological polar surface area (TPSA) is 56.1 Å². The highest BCUT2D eigenvalue weighted by atomic mass is 16.2. The zero-order valence-electron chi connectivity index (χ0n) is 12.1. The molecule has 1 aliphatic rings. The van der Waals surface area contributed by atoms with Gasteiger partial charge < -0.3 is 10.2 Å². The summed E-state index contributed by atoms with van der Waals surface area (Å²) in [5.74, 6) is 0.189. The van der Waals surface area contributed by atoms with Crippen molar-refractivity contribution < 1.29 is 4.79 Å². The van der Waals surface area contributed by atoms with Crippen LogP contribution in [0, 0.1) is 18.3 Å². The average Bonchev–Trinajstić information content (AvgIpc) is 2.98. The number of nitrogens with one attached hydrogen (secondary N) is 1. The van der Waals surface area contributed by atoms with Crippen LogP contribution in [0.15, 0.2) is 18.2 Å². The summed E-state index contributed by atoms with van der Waals surface area (Å²) in [7, 11) is 0. The minimum atomic E-state index is -0.164. The number of hydrogen-bond acceptors (Lipinski definition) is 3. The van der Waals surface area contributed by atoms with Crippen molar-refractivity contribution in [2.24, 2.45) is 0 Å². The van der Waals surface area contributed by atoms with E-state index in [0.717, 1.165) is 37.1 Å². The lowest BCUT2D eigenvalue weighted by Crippen LogP contribution is -2.43. The van der Waals surface area contributed by atoms with Crippen LogP contribution in [0.1, 0.15) is 36.5 Å². The molecule has 1 atom stereocenters. The standard InChI is InChI=1S/C16H21N3O/c1-12-9-14(10-17)5-6-15(12)11-18-13(2)16(20)19-7-3-4-8-19/h5-6,9,13,18H,3-4,7-8,11H2,1-2H3. The van der Waals surface area contributed by atoms with Gasteiger partial charge in [-0.1, -0.05) is 6.07 Å². The molecule has 20 heavy (non-hydrogen) atoms. The average molecular weight is 271 g/mol. The van der Waals surface area contributed by atoms with Crippen molar-refractivity contribution in [2.75, 3.05) is 13.1 Å². The molecule has 1 aromatic carbocycles. The largest absolute Gasteiger partial charge is 0.341 e. The van der Waals surface area contributed by atoms with Crippen molar-refractivity contribution in [1.29, 1.82) is 5.26 Å². The molecule has 1 amide bonds. The highest BCUT2D eigenvalue weighted by Crippen LogP contribution is 2.12. The number of likely N-dealkylation sites (tertiary alicyclic amines) is 1. The van der Waals surface area contributed by atoms with E-state index < -0.39 is 0 Å². The van der Waals surface area contributed by atoms with E-state index in [1.807, 2.05) is 36.9 Å². The number of rotatable bonds is 4. The molecule has 0 aromatic heterocycles. The summed E-state index contributed by atoms with van der Waals surface area (Å²) in [6, 6.07) is 7.62.